The van der Waals surface area contributed by atoms with E-state index in [1.54, 1.807) is 0 Å². The Bertz CT molecular complexity index is 681. The van der Waals surface area contributed by atoms with E-state index in [0.717, 1.165) is 48.8 Å². The van der Waals surface area contributed by atoms with Crippen LogP contribution in [0.3, 0.4) is 0 Å². The van der Waals surface area contributed by atoms with Crippen LogP contribution in [-0.2, 0) is 13.0 Å². The van der Waals surface area contributed by atoms with Crippen LogP contribution in [0.25, 0.3) is 11.3 Å². The van der Waals surface area contributed by atoms with Crippen molar-refractivity contribution < 1.29 is 9.47 Å². The average Bonchev–Trinajstić information content (AvgIpc) is 3.00. The molecule has 2 aromatic rings. The highest BCUT2D eigenvalue weighted by atomic mass is 16.5. The van der Waals surface area contributed by atoms with Crippen LogP contribution in [-0.4, -0.2) is 41.4 Å². The molecule has 0 saturated heterocycles. The van der Waals surface area contributed by atoms with Crippen molar-refractivity contribution in [1.29, 1.82) is 0 Å². The van der Waals surface area contributed by atoms with E-state index in [0.29, 0.717) is 13.2 Å². The molecule has 0 amide bonds. The van der Waals surface area contributed by atoms with Gasteiger partial charge in [-0.25, -0.2) is 0 Å². The Morgan fingerprint density at radius 1 is 1.12 bits per heavy atom. The fourth-order valence-electron chi connectivity index (χ4n) is 3.30. The van der Waals surface area contributed by atoms with Gasteiger partial charge in [0.05, 0.1) is 18.9 Å². The van der Waals surface area contributed by atoms with Gasteiger partial charge in [-0.05, 0) is 45.0 Å². The maximum Gasteiger partial charge on any atom is 0.161 e. The maximum atomic E-state index is 5.76. The molecule has 3 rings (SSSR count). The summed E-state index contributed by atoms with van der Waals surface area (Å²) < 4.78 is 11.4. The second-order valence-corrected chi connectivity index (χ2v) is 6.08. The number of nitrogens with zero attached hydrogens (tertiary/aromatic N) is 2. The minimum atomic E-state index is 0.618. The predicted octanol–water partition coefficient (Wildman–Crippen LogP) is 3.64. The molecule has 5 nitrogen and oxygen atoms in total. The molecule has 0 bridgehead atoms. The van der Waals surface area contributed by atoms with Crippen molar-refractivity contribution in [2.24, 2.45) is 0 Å². The Labute approximate surface area is 144 Å². The van der Waals surface area contributed by atoms with Crippen LogP contribution in [0.1, 0.15) is 38.4 Å². The monoisotopic (exact) mass is 329 g/mol. The molecule has 0 unspecified atom stereocenters. The van der Waals surface area contributed by atoms with Crippen molar-refractivity contribution >= 4 is 0 Å². The molecular weight excluding hydrogens is 302 g/mol. The summed E-state index contributed by atoms with van der Waals surface area (Å²) in [5, 5.41) is 7.82. The summed E-state index contributed by atoms with van der Waals surface area (Å²) in [4.78, 5) is 2.50. The smallest absolute Gasteiger partial charge is 0.161 e. The lowest BCUT2D eigenvalue weighted by Crippen LogP contribution is -2.31. The van der Waals surface area contributed by atoms with Gasteiger partial charge in [-0.1, -0.05) is 6.92 Å². The van der Waals surface area contributed by atoms with E-state index in [-0.39, 0.29) is 0 Å². The van der Waals surface area contributed by atoms with Crippen molar-refractivity contribution in [3.05, 3.63) is 29.5 Å². The van der Waals surface area contributed by atoms with Crippen LogP contribution in [0.15, 0.2) is 18.2 Å². The fraction of sp³-hybridized carbons (Fsp3) is 0.526. The van der Waals surface area contributed by atoms with E-state index >= 15 is 0 Å². The first-order chi connectivity index (χ1) is 11.8. The van der Waals surface area contributed by atoms with Crippen LogP contribution in [0, 0.1) is 0 Å². The zero-order valence-corrected chi connectivity index (χ0v) is 14.9. The van der Waals surface area contributed by atoms with E-state index < -0.39 is 0 Å². The number of rotatable bonds is 7. The second-order valence-electron chi connectivity index (χ2n) is 6.08. The first kappa shape index (κ1) is 16.8. The standard InChI is InChI=1S/C19H27N3O2/c1-4-10-22-11-9-16-15(13-22)19(21-20-16)14-7-8-17(23-5-2)18(12-14)24-6-3/h7-8,12H,4-6,9-11,13H2,1-3H3,(H,20,21). The maximum absolute atomic E-state index is 5.76. The molecule has 5 heteroatoms. The molecule has 0 aliphatic carbocycles. The highest BCUT2D eigenvalue weighted by Gasteiger charge is 2.22. The Morgan fingerprint density at radius 3 is 2.67 bits per heavy atom. The Morgan fingerprint density at radius 2 is 1.92 bits per heavy atom. The topological polar surface area (TPSA) is 50.4 Å². The summed E-state index contributed by atoms with van der Waals surface area (Å²) in [6, 6.07) is 6.10. The number of H-pyrrole nitrogens is 1. The molecule has 1 aliphatic rings. The molecule has 0 saturated carbocycles. The van der Waals surface area contributed by atoms with Gasteiger partial charge in [-0.15, -0.1) is 0 Å². The van der Waals surface area contributed by atoms with E-state index in [9.17, 15) is 0 Å². The van der Waals surface area contributed by atoms with Crippen LogP contribution in [0.4, 0.5) is 0 Å². The normalized spacial score (nSPS) is 14.5. The minimum absolute atomic E-state index is 0.618. The van der Waals surface area contributed by atoms with Gasteiger partial charge in [0, 0.05) is 36.3 Å². The molecule has 0 fully saturated rings. The van der Waals surface area contributed by atoms with Crippen LogP contribution < -0.4 is 9.47 Å². The molecule has 0 atom stereocenters. The molecule has 130 valence electrons. The number of ether oxygens (including phenoxy) is 2. The number of aromatic amines is 1. The number of nitrogens with one attached hydrogen (secondary N) is 1. The number of aromatic nitrogens is 2. The molecule has 1 N–H and O–H groups in total. The third kappa shape index (κ3) is 3.41. The Kier molecular flexibility index (Phi) is 5.41. The number of hydrogen-bond donors (Lipinski definition) is 1. The molecule has 1 aromatic heterocycles. The van der Waals surface area contributed by atoms with Gasteiger partial charge in [0.25, 0.3) is 0 Å². The molecule has 0 spiro atoms. The summed E-state index contributed by atoms with van der Waals surface area (Å²) >= 11 is 0. The Balaban J connectivity index is 1.92. The second kappa shape index (κ2) is 7.71. The fourth-order valence-corrected chi connectivity index (χ4v) is 3.30. The van der Waals surface area contributed by atoms with E-state index in [1.807, 2.05) is 26.0 Å². The van der Waals surface area contributed by atoms with Crippen molar-refractivity contribution in [2.45, 2.75) is 40.2 Å². The van der Waals surface area contributed by atoms with Gasteiger partial charge >= 0.3 is 0 Å². The van der Waals surface area contributed by atoms with Crippen LogP contribution in [0.2, 0.25) is 0 Å². The first-order valence-electron chi connectivity index (χ1n) is 8.95. The van der Waals surface area contributed by atoms with Crippen molar-refractivity contribution in [2.75, 3.05) is 26.3 Å². The van der Waals surface area contributed by atoms with E-state index in [1.165, 1.54) is 17.7 Å². The van der Waals surface area contributed by atoms with Gasteiger partial charge in [-0.3, -0.25) is 10.00 Å². The zero-order valence-electron chi connectivity index (χ0n) is 14.9. The first-order valence-corrected chi connectivity index (χ1v) is 8.95. The lowest BCUT2D eigenvalue weighted by Gasteiger charge is -2.26. The average molecular weight is 329 g/mol. The van der Waals surface area contributed by atoms with Crippen molar-refractivity contribution in [3.63, 3.8) is 0 Å². The minimum Gasteiger partial charge on any atom is -0.490 e. The molecule has 1 aliphatic heterocycles. The van der Waals surface area contributed by atoms with E-state index in [2.05, 4.69) is 28.1 Å². The largest absolute Gasteiger partial charge is 0.490 e. The summed E-state index contributed by atoms with van der Waals surface area (Å²) in [5.74, 6) is 1.58. The number of hydrogen-bond acceptors (Lipinski definition) is 4. The van der Waals surface area contributed by atoms with Crippen LogP contribution in [0.5, 0.6) is 11.5 Å². The van der Waals surface area contributed by atoms with Gasteiger partial charge in [0.2, 0.25) is 0 Å². The molecular formula is C19H27N3O2. The van der Waals surface area contributed by atoms with Gasteiger partial charge in [0.15, 0.2) is 11.5 Å². The predicted molar refractivity (Wildman–Crippen MR) is 95.6 cm³/mol. The van der Waals surface area contributed by atoms with Gasteiger partial charge < -0.3 is 9.47 Å². The third-order valence-electron chi connectivity index (χ3n) is 4.37. The lowest BCUT2D eigenvalue weighted by molar-refractivity contribution is 0.254. The van der Waals surface area contributed by atoms with Gasteiger partial charge in [-0.2, -0.15) is 5.10 Å². The highest BCUT2D eigenvalue weighted by molar-refractivity contribution is 5.68. The summed E-state index contributed by atoms with van der Waals surface area (Å²) in [6.07, 6.45) is 2.22. The van der Waals surface area contributed by atoms with Crippen molar-refractivity contribution in [3.8, 4) is 22.8 Å². The van der Waals surface area contributed by atoms with E-state index in [4.69, 9.17) is 9.47 Å². The number of fused-ring (bicyclic) bond motifs is 1. The number of benzene rings is 1. The van der Waals surface area contributed by atoms with Gasteiger partial charge in [0.1, 0.15) is 0 Å². The Hall–Kier alpha value is -2.01. The lowest BCUT2D eigenvalue weighted by atomic mass is 10.0. The molecule has 24 heavy (non-hydrogen) atoms. The van der Waals surface area contributed by atoms with Crippen molar-refractivity contribution in [1.82, 2.24) is 15.1 Å². The highest BCUT2D eigenvalue weighted by Crippen LogP contribution is 2.35. The quantitative estimate of drug-likeness (QED) is 0.842. The molecule has 1 aromatic carbocycles. The summed E-state index contributed by atoms with van der Waals surface area (Å²) in [6.45, 7) is 10.7. The zero-order chi connectivity index (χ0) is 16.9. The summed E-state index contributed by atoms with van der Waals surface area (Å²) in [5.41, 5.74) is 4.71. The van der Waals surface area contributed by atoms with Crippen LogP contribution >= 0.6 is 0 Å². The molecule has 2 heterocycles. The summed E-state index contributed by atoms with van der Waals surface area (Å²) in [7, 11) is 0. The third-order valence-corrected chi connectivity index (χ3v) is 4.37. The SMILES string of the molecule is CCCN1CCc2[nH]nc(-c3ccc(OCC)c(OCC)c3)c2C1. The molecule has 0 radical (unpaired) electrons.